The molecular weight excluding hydrogens is 405 g/mol. The number of piperidine rings is 1. The van der Waals surface area contributed by atoms with Gasteiger partial charge in [-0.15, -0.1) is 0 Å². The van der Waals surface area contributed by atoms with E-state index in [1.165, 1.54) is 12.1 Å². The first-order valence-electron chi connectivity index (χ1n) is 11.5. The van der Waals surface area contributed by atoms with Gasteiger partial charge in [0.25, 0.3) is 11.3 Å². The van der Waals surface area contributed by atoms with Gasteiger partial charge in [0.15, 0.2) is 0 Å². The second-order valence-corrected chi connectivity index (χ2v) is 9.56. The molecule has 170 valence electrons. The van der Waals surface area contributed by atoms with E-state index in [1.807, 2.05) is 22.8 Å². The summed E-state index contributed by atoms with van der Waals surface area (Å²) >= 11 is 0. The summed E-state index contributed by atoms with van der Waals surface area (Å²) < 4.78 is 15.8. The summed E-state index contributed by atoms with van der Waals surface area (Å²) in [7, 11) is 0. The number of aromatic nitrogens is 2. The highest BCUT2D eigenvalue weighted by Gasteiger charge is 2.24. The minimum Gasteiger partial charge on any atom is -0.591 e. The molecular formula is C26H33FN3O2+. The van der Waals surface area contributed by atoms with Crippen molar-refractivity contribution in [1.29, 1.82) is 0 Å². The Bertz CT molecular complexity index is 1190. The van der Waals surface area contributed by atoms with Gasteiger partial charge in [-0.25, -0.2) is 4.98 Å². The highest BCUT2D eigenvalue weighted by atomic mass is 19.1. The predicted molar refractivity (Wildman–Crippen MR) is 128 cm³/mol. The van der Waals surface area contributed by atoms with Crippen LogP contribution in [0.4, 0.5) is 4.39 Å². The van der Waals surface area contributed by atoms with Gasteiger partial charge in [0.1, 0.15) is 5.82 Å². The second-order valence-electron chi connectivity index (χ2n) is 9.56. The van der Waals surface area contributed by atoms with E-state index in [4.69, 9.17) is 10.1 Å². The van der Waals surface area contributed by atoms with Gasteiger partial charge < -0.3 is 10.0 Å². The Morgan fingerprint density at radius 3 is 2.53 bits per heavy atom. The third kappa shape index (κ3) is 4.42. The van der Waals surface area contributed by atoms with Crippen LogP contribution < -0.4 is 5.56 Å². The molecule has 0 aliphatic carbocycles. The van der Waals surface area contributed by atoms with Crippen molar-refractivity contribution in [3.63, 3.8) is 0 Å². The fourth-order valence-electron chi connectivity index (χ4n) is 4.70. The van der Waals surface area contributed by atoms with E-state index in [-0.39, 0.29) is 17.2 Å². The lowest BCUT2D eigenvalue weighted by Crippen LogP contribution is -2.42. The zero-order valence-corrected chi connectivity index (χ0v) is 19.4. The Morgan fingerprint density at radius 2 is 1.84 bits per heavy atom. The smallest absolute Gasteiger partial charge is 0.290 e. The summed E-state index contributed by atoms with van der Waals surface area (Å²) in [4.78, 5) is 21.0. The summed E-state index contributed by atoms with van der Waals surface area (Å²) in [6.07, 6.45) is 2.27. The first kappa shape index (κ1) is 22.5. The normalized spacial score (nSPS) is 17.5. The maximum Gasteiger partial charge on any atom is 0.290 e. The van der Waals surface area contributed by atoms with E-state index >= 15 is 0 Å². The Labute approximate surface area is 188 Å². The average Bonchev–Trinajstić information content (AvgIpc) is 2.77. The van der Waals surface area contributed by atoms with Crippen LogP contribution in [0.1, 0.15) is 52.3 Å². The fourth-order valence-corrected chi connectivity index (χ4v) is 4.70. The molecule has 2 N–H and O–H groups in total. The largest absolute Gasteiger partial charge is 0.591 e. The van der Waals surface area contributed by atoms with Gasteiger partial charge in [-0.05, 0) is 74.5 Å². The van der Waals surface area contributed by atoms with Crippen LogP contribution in [0.25, 0.3) is 22.0 Å². The molecule has 0 radical (unpaired) electrons. The summed E-state index contributed by atoms with van der Waals surface area (Å²) in [5.41, 5.74) is 2.05. The third-order valence-electron chi connectivity index (χ3n) is 6.52. The predicted octanol–water partition coefficient (Wildman–Crippen LogP) is 4.88. The molecule has 6 heteroatoms. The lowest BCUT2D eigenvalue weighted by molar-refractivity contribution is 0.129. The van der Waals surface area contributed by atoms with Crippen molar-refractivity contribution < 1.29 is 9.50 Å². The van der Waals surface area contributed by atoms with Gasteiger partial charge in [0, 0.05) is 31.1 Å². The first-order chi connectivity index (χ1) is 15.2. The Hall–Kier alpha value is -2.73. The van der Waals surface area contributed by atoms with Crippen molar-refractivity contribution in [3.05, 3.63) is 58.4 Å². The molecule has 2 heterocycles. The average molecular weight is 439 g/mol. The van der Waals surface area contributed by atoms with Crippen molar-refractivity contribution in [3.8, 4) is 16.9 Å². The van der Waals surface area contributed by atoms with Crippen LogP contribution in [0.2, 0.25) is 0 Å². The van der Waals surface area contributed by atoms with Crippen LogP contribution in [0, 0.1) is 11.7 Å². The van der Waals surface area contributed by atoms with Crippen molar-refractivity contribution in [2.24, 2.45) is 5.92 Å². The lowest BCUT2D eigenvalue weighted by Gasteiger charge is -2.36. The standard InChI is InChI=1S/C26H32FN3O2/c1-16(2)25-28-23-9-7-19(20-8-10-24(31)22(27)13-20)12-21(23)26(32)30(25)15-18-6-5-11-29(14-18)17(3)4/h7-10,12-13,16-18,31H,5-6,11,14-15H2,1-4H3/p+1/t18-/m0/s1. The summed E-state index contributed by atoms with van der Waals surface area (Å²) in [5.74, 6) is 0.669. The summed E-state index contributed by atoms with van der Waals surface area (Å²) in [5, 5.41) is 8.11. The zero-order valence-electron chi connectivity index (χ0n) is 19.4. The molecule has 1 aliphatic heterocycles. The van der Waals surface area contributed by atoms with Crippen LogP contribution >= 0.6 is 0 Å². The van der Waals surface area contributed by atoms with Crippen LogP contribution in [0.3, 0.4) is 0 Å². The number of likely N-dealkylation sites (tertiary alicyclic amines) is 1. The van der Waals surface area contributed by atoms with E-state index in [9.17, 15) is 9.18 Å². The molecule has 0 saturated carbocycles. The van der Waals surface area contributed by atoms with Crippen LogP contribution in [0.15, 0.2) is 41.2 Å². The number of halogens is 1. The van der Waals surface area contributed by atoms with Gasteiger partial charge in [-0.2, -0.15) is 4.39 Å². The molecule has 1 aliphatic rings. The number of hydrogen-bond acceptors (Lipinski definition) is 3. The van der Waals surface area contributed by atoms with E-state index in [0.29, 0.717) is 35.0 Å². The fraction of sp³-hybridized carbons (Fsp3) is 0.462. The monoisotopic (exact) mass is 438 g/mol. The Morgan fingerprint density at radius 1 is 1.12 bits per heavy atom. The van der Waals surface area contributed by atoms with E-state index < -0.39 is 5.82 Å². The molecule has 2 aromatic carbocycles. The van der Waals surface area contributed by atoms with Crippen LogP contribution in [0.5, 0.6) is 5.75 Å². The van der Waals surface area contributed by atoms with Crippen molar-refractivity contribution in [2.45, 2.75) is 59.0 Å². The maximum absolute atomic E-state index is 13.9. The van der Waals surface area contributed by atoms with Gasteiger partial charge in [-0.1, -0.05) is 19.9 Å². The van der Waals surface area contributed by atoms with E-state index in [1.54, 1.807) is 6.07 Å². The quantitative estimate of drug-likeness (QED) is 0.533. The number of fused-ring (bicyclic) bond motifs is 1. The molecule has 4 rings (SSSR count). The minimum absolute atomic E-state index is 0.0280. The molecule has 5 nitrogen and oxygen atoms in total. The first-order valence-corrected chi connectivity index (χ1v) is 11.5. The number of nitrogens with zero attached hydrogens (tertiary/aromatic N) is 3. The van der Waals surface area contributed by atoms with Gasteiger partial charge in [0.05, 0.1) is 10.9 Å². The van der Waals surface area contributed by atoms with Crippen molar-refractivity contribution in [2.75, 3.05) is 13.1 Å². The lowest BCUT2D eigenvalue weighted by atomic mass is 9.96. The highest BCUT2D eigenvalue weighted by Crippen LogP contribution is 2.28. The molecule has 0 bridgehead atoms. The van der Waals surface area contributed by atoms with Gasteiger partial charge in [-0.3, -0.25) is 9.36 Å². The third-order valence-corrected chi connectivity index (χ3v) is 6.52. The van der Waals surface area contributed by atoms with Crippen LogP contribution in [-0.2, 0) is 6.54 Å². The molecule has 1 atom stereocenters. The molecule has 1 fully saturated rings. The molecule has 1 saturated heterocycles. The zero-order chi connectivity index (χ0) is 23.0. The molecule has 0 unspecified atom stereocenters. The van der Waals surface area contributed by atoms with Gasteiger partial charge in [0.2, 0.25) is 5.82 Å². The molecule has 32 heavy (non-hydrogen) atoms. The number of hydrogen-bond donors (Lipinski definition) is 0. The molecule has 0 amide bonds. The minimum atomic E-state index is -0.569. The summed E-state index contributed by atoms with van der Waals surface area (Å²) in [6.45, 7) is 11.4. The number of benzene rings is 2. The Kier molecular flexibility index (Phi) is 6.33. The van der Waals surface area contributed by atoms with E-state index in [0.717, 1.165) is 37.3 Å². The van der Waals surface area contributed by atoms with Crippen molar-refractivity contribution in [1.82, 2.24) is 14.5 Å². The van der Waals surface area contributed by atoms with Crippen molar-refractivity contribution >= 4 is 10.9 Å². The van der Waals surface area contributed by atoms with E-state index in [2.05, 4.69) is 32.6 Å². The molecule has 1 aromatic heterocycles. The number of rotatable bonds is 5. The van der Waals surface area contributed by atoms with Crippen LogP contribution in [-0.4, -0.2) is 38.7 Å². The highest BCUT2D eigenvalue weighted by molar-refractivity contribution is 5.84. The SMILES string of the molecule is CC(C)c1nc2ccc(-c3ccc([OH2+])c(F)c3)cc2c(=O)n1C[C@H]1CCCN(C(C)C)C1. The topological polar surface area (TPSA) is 61.0 Å². The second kappa shape index (κ2) is 9.02. The Balaban J connectivity index is 1.77. The van der Waals surface area contributed by atoms with Gasteiger partial charge >= 0.3 is 0 Å². The molecule has 0 spiro atoms. The molecule has 3 aromatic rings. The summed E-state index contributed by atoms with van der Waals surface area (Å²) in [6, 6.07) is 10.5. The maximum atomic E-state index is 13.9.